The lowest BCUT2D eigenvalue weighted by molar-refractivity contribution is -0.192. The van der Waals surface area contributed by atoms with Gasteiger partial charge in [0, 0.05) is 19.3 Å². The van der Waals surface area contributed by atoms with Gasteiger partial charge in [-0.15, -0.1) is 11.3 Å². The number of thiazole rings is 1. The number of halogens is 3. The Labute approximate surface area is 216 Å². The Morgan fingerprint density at radius 3 is 2.61 bits per heavy atom. The Hall–Kier alpha value is -4.31. The number of rotatable bonds is 5. The minimum atomic E-state index is -5.08. The Kier molecular flexibility index (Phi) is 7.06. The Balaban J connectivity index is 0.000000374. The minimum absolute atomic E-state index is 0.485. The first kappa shape index (κ1) is 25.3. The monoisotopic (exact) mass is 547 g/mol. The number of benzene rings is 1. The van der Waals surface area contributed by atoms with Gasteiger partial charge in [-0.25, -0.2) is 9.78 Å². The molecule has 0 bridgehead atoms. The summed E-state index contributed by atoms with van der Waals surface area (Å²) in [7, 11) is 0. The molecule has 1 saturated heterocycles. The van der Waals surface area contributed by atoms with Crippen LogP contribution in [-0.4, -0.2) is 78.1 Å². The van der Waals surface area contributed by atoms with E-state index in [0.29, 0.717) is 31.7 Å². The molecule has 5 heterocycles. The number of nitrogens with zero attached hydrogens (tertiary/aromatic N) is 7. The quantitative estimate of drug-likeness (QED) is 0.300. The van der Waals surface area contributed by atoms with E-state index in [1.54, 1.807) is 15.9 Å². The number of alkyl halides is 3. The van der Waals surface area contributed by atoms with Crippen LogP contribution in [0.1, 0.15) is 5.82 Å². The Morgan fingerprint density at radius 1 is 1.16 bits per heavy atom. The summed E-state index contributed by atoms with van der Waals surface area (Å²) in [6.07, 6.45) is -1.44. The summed E-state index contributed by atoms with van der Waals surface area (Å²) in [4.78, 5) is 33.9. The lowest BCUT2D eigenvalue weighted by atomic mass is 10.3. The van der Waals surface area contributed by atoms with Crippen LogP contribution in [0.25, 0.3) is 27.1 Å². The molecule has 0 radical (unpaired) electrons. The molecule has 1 fully saturated rings. The molecule has 1 aromatic carbocycles. The molecule has 12 nitrogen and oxygen atoms in total. The summed E-state index contributed by atoms with van der Waals surface area (Å²) in [5.41, 5.74) is 5.43. The van der Waals surface area contributed by atoms with Crippen molar-refractivity contribution in [2.45, 2.75) is 12.7 Å². The van der Waals surface area contributed by atoms with E-state index in [4.69, 9.17) is 24.6 Å². The molecule has 0 aliphatic carbocycles. The van der Waals surface area contributed by atoms with Crippen LogP contribution in [0.3, 0.4) is 0 Å². The number of H-pyrrole nitrogens is 1. The van der Waals surface area contributed by atoms with E-state index in [9.17, 15) is 13.2 Å². The SMILES string of the molecule is O=C(O)C(F)(F)F.c1ccc2[nH]c(CNc3nc(N4CCOCC4)nc4c(-c5cncs5)cnn34)nc2c1. The number of hydrogen-bond acceptors (Lipinski definition) is 10. The molecule has 0 saturated carbocycles. The molecule has 0 unspecified atom stereocenters. The van der Waals surface area contributed by atoms with Gasteiger partial charge in [0.1, 0.15) is 5.82 Å². The van der Waals surface area contributed by atoms with Gasteiger partial charge in [0.05, 0.1) is 52.9 Å². The van der Waals surface area contributed by atoms with Gasteiger partial charge in [0.2, 0.25) is 11.9 Å². The number of nitrogens with one attached hydrogen (secondary N) is 2. The molecule has 198 valence electrons. The average molecular weight is 548 g/mol. The number of hydrogen-bond donors (Lipinski definition) is 3. The van der Waals surface area contributed by atoms with Crippen molar-refractivity contribution in [2.75, 3.05) is 36.5 Å². The lowest BCUT2D eigenvalue weighted by Crippen LogP contribution is -2.37. The third-order valence-corrected chi connectivity index (χ3v) is 6.25. The molecule has 1 aliphatic rings. The summed E-state index contributed by atoms with van der Waals surface area (Å²) in [5.74, 6) is -0.653. The standard InChI is InChI=1S/C20H19N9OS.C2HF3O2/c1-2-4-15-14(3-1)24-17(25-15)11-22-19-27-20(28-5-7-30-8-6-28)26-18-13(9-23-29(18)19)16-10-21-12-31-16;3-2(4,5)1(6)7/h1-4,9-10,12H,5-8,11H2,(H,24,25)(H,22,26,27);(H,6,7). The van der Waals surface area contributed by atoms with Crippen LogP contribution < -0.4 is 10.2 Å². The maximum absolute atomic E-state index is 10.6. The summed E-state index contributed by atoms with van der Waals surface area (Å²) in [6.45, 7) is 3.32. The van der Waals surface area contributed by atoms with E-state index in [1.165, 1.54) is 0 Å². The number of para-hydroxylation sites is 2. The second-order valence-corrected chi connectivity index (χ2v) is 8.85. The van der Waals surface area contributed by atoms with Gasteiger partial charge in [0.15, 0.2) is 5.65 Å². The zero-order valence-corrected chi connectivity index (χ0v) is 20.3. The van der Waals surface area contributed by atoms with Gasteiger partial charge >= 0.3 is 12.1 Å². The highest BCUT2D eigenvalue weighted by atomic mass is 32.1. The molecule has 0 atom stereocenters. The number of morpholine rings is 1. The van der Waals surface area contributed by atoms with Crippen LogP contribution in [0.15, 0.2) is 42.2 Å². The Morgan fingerprint density at radius 2 is 1.92 bits per heavy atom. The molecule has 0 spiro atoms. The van der Waals surface area contributed by atoms with Crippen molar-refractivity contribution < 1.29 is 27.8 Å². The topological polar surface area (TPSA) is 146 Å². The highest BCUT2D eigenvalue weighted by Gasteiger charge is 2.38. The fourth-order valence-electron chi connectivity index (χ4n) is 3.66. The molecule has 6 rings (SSSR count). The number of aromatic amines is 1. The second-order valence-electron chi connectivity index (χ2n) is 7.96. The number of fused-ring (bicyclic) bond motifs is 2. The fraction of sp³-hybridized carbons (Fsp3) is 0.273. The summed E-state index contributed by atoms with van der Waals surface area (Å²) in [6, 6.07) is 7.97. The van der Waals surface area contributed by atoms with E-state index in [2.05, 4.69) is 30.3 Å². The zero-order valence-electron chi connectivity index (χ0n) is 19.5. The van der Waals surface area contributed by atoms with Gasteiger partial charge in [0.25, 0.3) is 0 Å². The minimum Gasteiger partial charge on any atom is -0.475 e. The van der Waals surface area contributed by atoms with Gasteiger partial charge in [-0.2, -0.15) is 32.8 Å². The van der Waals surface area contributed by atoms with Crippen molar-refractivity contribution in [3.05, 3.63) is 48.0 Å². The van der Waals surface area contributed by atoms with E-state index in [1.807, 2.05) is 42.2 Å². The number of imidazole rings is 1. The molecule has 38 heavy (non-hydrogen) atoms. The van der Waals surface area contributed by atoms with E-state index in [-0.39, 0.29) is 0 Å². The molecule has 1 aliphatic heterocycles. The number of carboxylic acids is 1. The first-order valence-electron chi connectivity index (χ1n) is 11.2. The van der Waals surface area contributed by atoms with Crippen LogP contribution in [0.2, 0.25) is 0 Å². The summed E-state index contributed by atoms with van der Waals surface area (Å²) in [5, 5.41) is 15.1. The lowest BCUT2D eigenvalue weighted by Gasteiger charge is -2.27. The predicted molar refractivity (Wildman–Crippen MR) is 132 cm³/mol. The number of aliphatic carboxylic acids is 1. The van der Waals surface area contributed by atoms with Crippen LogP contribution in [0.5, 0.6) is 0 Å². The highest BCUT2D eigenvalue weighted by Crippen LogP contribution is 2.29. The maximum atomic E-state index is 10.6. The molecule has 16 heteroatoms. The molecular formula is C22H20F3N9O3S. The third-order valence-electron chi connectivity index (χ3n) is 5.44. The predicted octanol–water partition coefficient (Wildman–Crippen LogP) is 3.21. The van der Waals surface area contributed by atoms with Gasteiger partial charge in [-0.1, -0.05) is 12.1 Å². The smallest absolute Gasteiger partial charge is 0.475 e. The van der Waals surface area contributed by atoms with E-state index < -0.39 is 12.1 Å². The number of carbonyl (C=O) groups is 1. The van der Waals surface area contributed by atoms with Gasteiger partial charge in [-0.05, 0) is 12.1 Å². The van der Waals surface area contributed by atoms with Gasteiger partial charge in [-0.3, -0.25) is 4.98 Å². The van der Waals surface area contributed by atoms with Crippen LogP contribution in [0, 0.1) is 0 Å². The summed E-state index contributed by atoms with van der Waals surface area (Å²) >= 11 is 1.56. The molecule has 5 aromatic rings. The number of carboxylic acid groups (broad SMARTS) is 1. The number of ether oxygens (including phenoxy) is 1. The molecular weight excluding hydrogens is 527 g/mol. The van der Waals surface area contributed by atoms with Crippen molar-refractivity contribution in [2.24, 2.45) is 0 Å². The largest absolute Gasteiger partial charge is 0.490 e. The normalized spacial score (nSPS) is 13.9. The first-order chi connectivity index (χ1) is 18.3. The van der Waals surface area contributed by atoms with Crippen molar-refractivity contribution in [1.82, 2.24) is 34.5 Å². The maximum Gasteiger partial charge on any atom is 0.490 e. The highest BCUT2D eigenvalue weighted by molar-refractivity contribution is 7.13. The fourth-order valence-corrected chi connectivity index (χ4v) is 4.29. The van der Waals surface area contributed by atoms with Crippen LogP contribution in [-0.2, 0) is 16.1 Å². The van der Waals surface area contributed by atoms with Crippen molar-refractivity contribution in [1.29, 1.82) is 0 Å². The van der Waals surface area contributed by atoms with Crippen LogP contribution in [0.4, 0.5) is 25.1 Å². The number of anilines is 2. The molecule has 3 N–H and O–H groups in total. The average Bonchev–Trinajstić information content (AvgIpc) is 3.66. The second kappa shape index (κ2) is 10.6. The Bertz CT molecular complexity index is 1510. The molecule has 4 aromatic heterocycles. The van der Waals surface area contributed by atoms with Crippen molar-refractivity contribution in [3.63, 3.8) is 0 Å². The third kappa shape index (κ3) is 5.50. The van der Waals surface area contributed by atoms with E-state index >= 15 is 0 Å². The van der Waals surface area contributed by atoms with Gasteiger partial charge < -0.3 is 25.0 Å². The zero-order chi connectivity index (χ0) is 26.7. The van der Waals surface area contributed by atoms with E-state index in [0.717, 1.165) is 46.0 Å². The number of aromatic nitrogens is 7. The summed E-state index contributed by atoms with van der Waals surface area (Å²) < 4.78 is 39.0. The molecule has 0 amide bonds. The first-order valence-corrected chi connectivity index (χ1v) is 12.1. The van der Waals surface area contributed by atoms with Crippen molar-refractivity contribution in [3.8, 4) is 10.4 Å². The van der Waals surface area contributed by atoms with Crippen LogP contribution >= 0.6 is 11.3 Å². The van der Waals surface area contributed by atoms with Crippen molar-refractivity contribution >= 4 is 45.9 Å².